The van der Waals surface area contributed by atoms with Crippen molar-refractivity contribution in [1.82, 2.24) is 0 Å². The minimum absolute atomic E-state index is 0.105. The fourth-order valence-corrected chi connectivity index (χ4v) is 2.60. The number of amides is 1. The van der Waals surface area contributed by atoms with Gasteiger partial charge in [0, 0.05) is 22.3 Å². The van der Waals surface area contributed by atoms with E-state index in [0.717, 1.165) is 27.2 Å². The number of anilines is 2. The van der Waals surface area contributed by atoms with E-state index in [0.29, 0.717) is 6.54 Å². The third-order valence-electron chi connectivity index (χ3n) is 3.45. The summed E-state index contributed by atoms with van der Waals surface area (Å²) in [5.41, 5.74) is 8.41. The normalized spacial score (nSPS) is 11.1. The zero-order chi connectivity index (χ0) is 18.2. The average Bonchev–Trinajstić information content (AvgIpc) is 2.58. The smallest absolute Gasteiger partial charge is 0.226 e. The molecule has 1 amide bonds. The van der Waals surface area contributed by atoms with Gasteiger partial charge in [0.05, 0.1) is 13.7 Å². The van der Waals surface area contributed by atoms with Crippen LogP contribution in [-0.4, -0.2) is 25.5 Å². The summed E-state index contributed by atoms with van der Waals surface area (Å²) < 4.78 is 6.07. The third-order valence-corrected chi connectivity index (χ3v) is 3.94. The molecule has 6 nitrogen and oxygen atoms in total. The molecule has 0 aromatic heterocycles. The van der Waals surface area contributed by atoms with Crippen LogP contribution in [0.5, 0.6) is 5.75 Å². The quantitative estimate of drug-likeness (QED) is 0.507. The van der Waals surface area contributed by atoms with Crippen molar-refractivity contribution in [2.45, 2.75) is 13.3 Å². The summed E-state index contributed by atoms with van der Waals surface area (Å²) in [5, 5.41) is 5.84. The Morgan fingerprint density at radius 1 is 1.20 bits per heavy atom. The van der Waals surface area contributed by atoms with Gasteiger partial charge in [0.25, 0.3) is 0 Å². The second-order valence-corrected chi connectivity index (χ2v) is 6.29. The first-order chi connectivity index (χ1) is 12.0. The van der Waals surface area contributed by atoms with Gasteiger partial charge in [-0.1, -0.05) is 15.9 Å². The van der Waals surface area contributed by atoms with Gasteiger partial charge >= 0.3 is 0 Å². The molecule has 4 N–H and O–H groups in total. The number of halogens is 1. The van der Waals surface area contributed by atoms with Crippen molar-refractivity contribution in [2.24, 2.45) is 10.7 Å². The molecule has 0 aliphatic rings. The molecule has 0 fully saturated rings. The summed E-state index contributed by atoms with van der Waals surface area (Å²) in [4.78, 5) is 16.2. The molecule has 0 atom stereocenters. The van der Waals surface area contributed by atoms with Crippen molar-refractivity contribution in [3.05, 3.63) is 52.5 Å². The first-order valence-electron chi connectivity index (χ1n) is 7.75. The molecule has 0 saturated heterocycles. The van der Waals surface area contributed by atoms with Crippen molar-refractivity contribution >= 4 is 39.2 Å². The van der Waals surface area contributed by atoms with Crippen molar-refractivity contribution in [1.29, 1.82) is 0 Å². The van der Waals surface area contributed by atoms with Crippen LogP contribution in [0.25, 0.3) is 0 Å². The molecule has 7 heteroatoms. The standard InChI is InChI=1S/C18H21BrN4O2/c1-12-11-13(19)3-8-16(12)23-17(24)9-10-21-18(20)22-14-4-6-15(25-2)7-5-14/h3-8,11H,9-10H2,1-2H3,(H,23,24)(H3,20,21,22). The van der Waals surface area contributed by atoms with Crippen molar-refractivity contribution in [3.63, 3.8) is 0 Å². The van der Waals surface area contributed by atoms with Gasteiger partial charge in [-0.2, -0.15) is 0 Å². The fraction of sp³-hybridized carbons (Fsp3) is 0.222. The maximum Gasteiger partial charge on any atom is 0.226 e. The van der Waals surface area contributed by atoms with Gasteiger partial charge < -0.3 is 21.1 Å². The van der Waals surface area contributed by atoms with Crippen LogP contribution in [0.3, 0.4) is 0 Å². The van der Waals surface area contributed by atoms with Gasteiger partial charge in [-0.3, -0.25) is 9.79 Å². The molecule has 0 bridgehead atoms. The monoisotopic (exact) mass is 404 g/mol. The number of aryl methyl sites for hydroxylation is 1. The predicted octanol–water partition coefficient (Wildman–Crippen LogP) is 3.52. The van der Waals surface area contributed by atoms with Gasteiger partial charge in [-0.15, -0.1) is 0 Å². The fourth-order valence-electron chi connectivity index (χ4n) is 2.12. The molecule has 132 valence electrons. The second kappa shape index (κ2) is 9.08. The zero-order valence-corrected chi connectivity index (χ0v) is 15.8. The minimum Gasteiger partial charge on any atom is -0.497 e. The Balaban J connectivity index is 1.81. The van der Waals surface area contributed by atoms with E-state index in [1.54, 1.807) is 7.11 Å². The summed E-state index contributed by atoms with van der Waals surface area (Å²) in [5.74, 6) is 0.921. The topological polar surface area (TPSA) is 88.7 Å². The first-order valence-corrected chi connectivity index (χ1v) is 8.54. The van der Waals surface area contributed by atoms with Gasteiger partial charge in [-0.25, -0.2) is 0 Å². The predicted molar refractivity (Wildman–Crippen MR) is 105 cm³/mol. The number of carbonyl (C=O) groups is 1. The Bertz CT molecular complexity index is 760. The van der Waals surface area contributed by atoms with Crippen LogP contribution < -0.4 is 21.1 Å². The lowest BCUT2D eigenvalue weighted by atomic mass is 10.2. The van der Waals surface area contributed by atoms with Crippen LogP contribution in [-0.2, 0) is 4.79 Å². The Morgan fingerprint density at radius 2 is 1.92 bits per heavy atom. The van der Waals surface area contributed by atoms with E-state index < -0.39 is 0 Å². The highest BCUT2D eigenvalue weighted by Gasteiger charge is 2.05. The molecule has 0 radical (unpaired) electrons. The number of hydrogen-bond donors (Lipinski definition) is 3. The molecule has 25 heavy (non-hydrogen) atoms. The zero-order valence-electron chi connectivity index (χ0n) is 14.2. The van der Waals surface area contributed by atoms with E-state index >= 15 is 0 Å². The molecule has 0 aliphatic heterocycles. The maximum absolute atomic E-state index is 12.0. The van der Waals surface area contributed by atoms with Gasteiger partial charge in [0.2, 0.25) is 5.91 Å². The number of benzene rings is 2. The molecular weight excluding hydrogens is 384 g/mol. The maximum atomic E-state index is 12.0. The lowest BCUT2D eigenvalue weighted by Crippen LogP contribution is -2.23. The Morgan fingerprint density at radius 3 is 2.56 bits per heavy atom. The number of nitrogens with one attached hydrogen (secondary N) is 2. The highest BCUT2D eigenvalue weighted by atomic mass is 79.9. The summed E-state index contributed by atoms with van der Waals surface area (Å²) in [6, 6.07) is 13.0. The number of hydrogen-bond acceptors (Lipinski definition) is 3. The largest absolute Gasteiger partial charge is 0.497 e. The molecule has 2 aromatic rings. The highest BCUT2D eigenvalue weighted by molar-refractivity contribution is 9.10. The van der Waals surface area contributed by atoms with E-state index in [9.17, 15) is 4.79 Å². The van der Waals surface area contributed by atoms with E-state index in [1.165, 1.54) is 0 Å². The molecule has 2 aromatic carbocycles. The number of guanidine groups is 1. The SMILES string of the molecule is COc1ccc(NC(N)=NCCC(=O)Nc2ccc(Br)cc2C)cc1. The number of methoxy groups -OCH3 is 1. The molecular formula is C18H21BrN4O2. The van der Waals surface area contributed by atoms with E-state index in [4.69, 9.17) is 10.5 Å². The second-order valence-electron chi connectivity index (χ2n) is 5.38. The van der Waals surface area contributed by atoms with Crippen LogP contribution in [0.4, 0.5) is 11.4 Å². The Kier molecular flexibility index (Phi) is 6.82. The van der Waals surface area contributed by atoms with E-state index in [2.05, 4.69) is 31.6 Å². The highest BCUT2D eigenvalue weighted by Crippen LogP contribution is 2.20. The van der Waals surface area contributed by atoms with Crippen LogP contribution >= 0.6 is 15.9 Å². The van der Waals surface area contributed by atoms with E-state index in [-0.39, 0.29) is 18.3 Å². The summed E-state index contributed by atoms with van der Waals surface area (Å²) in [6.45, 7) is 2.24. The molecule has 0 unspecified atom stereocenters. The van der Waals surface area contributed by atoms with Crippen molar-refractivity contribution < 1.29 is 9.53 Å². The lowest BCUT2D eigenvalue weighted by molar-refractivity contribution is -0.116. The van der Waals surface area contributed by atoms with Crippen LogP contribution in [0.15, 0.2) is 51.9 Å². The van der Waals surface area contributed by atoms with Gasteiger partial charge in [-0.05, 0) is 55.0 Å². The molecule has 0 spiro atoms. The summed E-state index contributed by atoms with van der Waals surface area (Å²) >= 11 is 3.40. The lowest BCUT2D eigenvalue weighted by Gasteiger charge is -2.09. The molecule has 2 rings (SSSR count). The third kappa shape index (κ3) is 6.11. The number of aliphatic imine (C=N–C) groups is 1. The van der Waals surface area contributed by atoms with Gasteiger partial charge in [0.1, 0.15) is 5.75 Å². The molecule has 0 saturated carbocycles. The number of carbonyl (C=O) groups excluding carboxylic acids is 1. The Labute approximate surface area is 155 Å². The average molecular weight is 405 g/mol. The molecule has 0 heterocycles. The number of rotatable bonds is 6. The Hall–Kier alpha value is -2.54. The number of ether oxygens (including phenoxy) is 1. The van der Waals surface area contributed by atoms with Crippen molar-refractivity contribution in [2.75, 3.05) is 24.3 Å². The van der Waals surface area contributed by atoms with Crippen molar-refractivity contribution in [3.8, 4) is 5.75 Å². The molecule has 0 aliphatic carbocycles. The first kappa shape index (κ1) is 18.8. The minimum atomic E-state index is -0.105. The summed E-state index contributed by atoms with van der Waals surface area (Å²) in [6.07, 6.45) is 0.250. The van der Waals surface area contributed by atoms with Gasteiger partial charge in [0.15, 0.2) is 5.96 Å². The number of nitrogens with zero attached hydrogens (tertiary/aromatic N) is 1. The summed E-state index contributed by atoms with van der Waals surface area (Å²) in [7, 11) is 1.61. The number of nitrogens with two attached hydrogens (primary N) is 1. The van der Waals surface area contributed by atoms with Crippen LogP contribution in [0, 0.1) is 6.92 Å². The van der Waals surface area contributed by atoms with Crippen LogP contribution in [0.2, 0.25) is 0 Å². The van der Waals surface area contributed by atoms with E-state index in [1.807, 2.05) is 49.4 Å². The van der Waals surface area contributed by atoms with Crippen LogP contribution in [0.1, 0.15) is 12.0 Å².